The fourth-order valence-electron chi connectivity index (χ4n) is 1.06. The van der Waals surface area contributed by atoms with Crippen molar-refractivity contribution in [2.24, 2.45) is 0 Å². The molecule has 0 unspecified atom stereocenters. The zero-order chi connectivity index (χ0) is 9.84. The van der Waals surface area contributed by atoms with Crippen molar-refractivity contribution in [3.8, 4) is 0 Å². The second kappa shape index (κ2) is 4.00. The first-order chi connectivity index (χ1) is 6.16. The zero-order valence-electron chi connectivity index (χ0n) is 6.83. The Kier molecular flexibility index (Phi) is 2.97. The number of carboxylic acids is 1. The second-order valence-corrected chi connectivity index (χ2v) is 2.56. The van der Waals surface area contributed by atoms with Crippen LogP contribution in [-0.2, 0) is 6.42 Å². The van der Waals surface area contributed by atoms with Crippen LogP contribution in [0.3, 0.4) is 0 Å². The highest BCUT2D eigenvalue weighted by Crippen LogP contribution is 2.13. The summed E-state index contributed by atoms with van der Waals surface area (Å²) in [5, 5.41) is 17.1. The first-order valence-corrected chi connectivity index (χ1v) is 3.78. The Bertz CT molecular complexity index is 323. The summed E-state index contributed by atoms with van der Waals surface area (Å²) in [4.78, 5) is 10.5. The van der Waals surface area contributed by atoms with Crippen molar-refractivity contribution >= 4 is 5.97 Å². The Balaban J connectivity index is 3.10. The maximum absolute atomic E-state index is 13.2. The topological polar surface area (TPSA) is 57.5 Å². The predicted octanol–water partition coefficient (Wildman–Crippen LogP) is 1.06. The molecule has 0 bridgehead atoms. The summed E-state index contributed by atoms with van der Waals surface area (Å²) in [6.45, 7) is -0.194. The van der Waals surface area contributed by atoms with Crippen LogP contribution in [0.15, 0.2) is 18.2 Å². The van der Waals surface area contributed by atoms with Crippen molar-refractivity contribution in [1.29, 1.82) is 0 Å². The molecule has 0 saturated heterocycles. The van der Waals surface area contributed by atoms with Crippen LogP contribution in [-0.4, -0.2) is 22.8 Å². The maximum Gasteiger partial charge on any atom is 0.338 e. The Morgan fingerprint density at radius 1 is 1.46 bits per heavy atom. The van der Waals surface area contributed by atoms with Gasteiger partial charge in [-0.25, -0.2) is 9.18 Å². The summed E-state index contributed by atoms with van der Waals surface area (Å²) in [6.07, 6.45) is 0.132. The highest BCUT2D eigenvalue weighted by Gasteiger charge is 2.12. The lowest BCUT2D eigenvalue weighted by molar-refractivity contribution is 0.0691. The molecule has 0 spiro atoms. The predicted molar refractivity (Wildman–Crippen MR) is 44.1 cm³/mol. The third-order valence-electron chi connectivity index (χ3n) is 1.69. The minimum Gasteiger partial charge on any atom is -0.478 e. The Labute approximate surface area is 74.4 Å². The Morgan fingerprint density at radius 2 is 2.15 bits per heavy atom. The molecule has 3 nitrogen and oxygen atoms in total. The minimum atomic E-state index is -1.29. The van der Waals surface area contributed by atoms with Gasteiger partial charge in [0.05, 0.1) is 5.56 Å². The van der Waals surface area contributed by atoms with E-state index in [1.54, 1.807) is 0 Å². The van der Waals surface area contributed by atoms with E-state index in [4.69, 9.17) is 10.2 Å². The number of benzene rings is 1. The molecule has 0 fully saturated rings. The summed E-state index contributed by atoms with van der Waals surface area (Å²) < 4.78 is 13.2. The van der Waals surface area contributed by atoms with Crippen molar-refractivity contribution in [3.05, 3.63) is 35.1 Å². The fourth-order valence-corrected chi connectivity index (χ4v) is 1.06. The zero-order valence-corrected chi connectivity index (χ0v) is 6.83. The van der Waals surface area contributed by atoms with Crippen LogP contribution in [0.4, 0.5) is 4.39 Å². The first-order valence-electron chi connectivity index (χ1n) is 3.78. The van der Waals surface area contributed by atoms with Gasteiger partial charge in [0.1, 0.15) is 5.82 Å². The number of hydrogen-bond donors (Lipinski definition) is 2. The van der Waals surface area contributed by atoms with Gasteiger partial charge in [-0.2, -0.15) is 0 Å². The minimum absolute atomic E-state index is 0.132. The lowest BCUT2D eigenvalue weighted by Gasteiger charge is -2.02. The lowest BCUT2D eigenvalue weighted by atomic mass is 10.1. The molecule has 0 amide bonds. The number of carbonyl (C=O) groups is 1. The molecule has 70 valence electrons. The summed E-state index contributed by atoms with van der Waals surface area (Å²) in [5.74, 6) is -2.05. The number of hydrogen-bond acceptors (Lipinski definition) is 2. The SMILES string of the molecule is O=C(O)c1cccc(CCO)c1F. The molecule has 0 saturated carbocycles. The average Bonchev–Trinajstić information content (AvgIpc) is 2.08. The van der Waals surface area contributed by atoms with Gasteiger partial charge in [0.25, 0.3) is 0 Å². The standard InChI is InChI=1S/C9H9FO3/c10-8-6(4-5-11)2-1-3-7(8)9(12)13/h1-3,11H,4-5H2,(H,12,13). The van der Waals surface area contributed by atoms with Crippen molar-refractivity contribution < 1.29 is 19.4 Å². The molecular weight excluding hydrogens is 175 g/mol. The summed E-state index contributed by atoms with van der Waals surface area (Å²) in [6, 6.07) is 4.11. The van der Waals surface area contributed by atoms with Gasteiger partial charge in [0, 0.05) is 6.61 Å². The maximum atomic E-state index is 13.2. The second-order valence-electron chi connectivity index (χ2n) is 2.56. The lowest BCUT2D eigenvalue weighted by Crippen LogP contribution is -2.04. The fraction of sp³-hybridized carbons (Fsp3) is 0.222. The highest BCUT2D eigenvalue weighted by atomic mass is 19.1. The quantitative estimate of drug-likeness (QED) is 0.738. The van der Waals surface area contributed by atoms with E-state index in [9.17, 15) is 9.18 Å². The van der Waals surface area contributed by atoms with Crippen molar-refractivity contribution in [2.75, 3.05) is 6.61 Å². The van der Waals surface area contributed by atoms with E-state index in [1.165, 1.54) is 18.2 Å². The van der Waals surface area contributed by atoms with Gasteiger partial charge in [-0.1, -0.05) is 12.1 Å². The number of rotatable bonds is 3. The molecule has 0 heterocycles. The van der Waals surface area contributed by atoms with E-state index < -0.39 is 11.8 Å². The molecule has 1 rings (SSSR count). The number of aliphatic hydroxyl groups is 1. The van der Waals surface area contributed by atoms with Gasteiger partial charge in [-0.3, -0.25) is 0 Å². The molecular formula is C9H9FO3. The Morgan fingerprint density at radius 3 is 2.69 bits per heavy atom. The van der Waals surface area contributed by atoms with Crippen LogP contribution in [0.5, 0.6) is 0 Å². The van der Waals surface area contributed by atoms with Gasteiger partial charge in [0.2, 0.25) is 0 Å². The molecule has 0 radical (unpaired) electrons. The van der Waals surface area contributed by atoms with Crippen LogP contribution >= 0.6 is 0 Å². The van der Waals surface area contributed by atoms with Crippen molar-refractivity contribution in [2.45, 2.75) is 6.42 Å². The monoisotopic (exact) mass is 184 g/mol. The van der Waals surface area contributed by atoms with Gasteiger partial charge in [-0.05, 0) is 18.1 Å². The van der Waals surface area contributed by atoms with Crippen LogP contribution in [0, 0.1) is 5.82 Å². The van der Waals surface area contributed by atoms with Gasteiger partial charge >= 0.3 is 5.97 Å². The van der Waals surface area contributed by atoms with Crippen molar-refractivity contribution in [3.63, 3.8) is 0 Å². The summed E-state index contributed by atoms with van der Waals surface area (Å²) >= 11 is 0. The number of aliphatic hydroxyl groups excluding tert-OH is 1. The van der Waals surface area contributed by atoms with Gasteiger partial charge < -0.3 is 10.2 Å². The highest BCUT2D eigenvalue weighted by molar-refractivity contribution is 5.88. The van der Waals surface area contributed by atoms with E-state index in [0.717, 1.165) is 0 Å². The molecule has 1 aromatic carbocycles. The van der Waals surface area contributed by atoms with Gasteiger partial charge in [0.15, 0.2) is 0 Å². The number of halogens is 1. The van der Waals surface area contributed by atoms with Crippen LogP contribution < -0.4 is 0 Å². The summed E-state index contributed by atoms with van der Waals surface area (Å²) in [5.41, 5.74) is -0.131. The van der Waals surface area contributed by atoms with E-state index in [1.807, 2.05) is 0 Å². The van der Waals surface area contributed by atoms with E-state index in [2.05, 4.69) is 0 Å². The smallest absolute Gasteiger partial charge is 0.338 e. The molecule has 0 aromatic heterocycles. The van der Waals surface area contributed by atoms with Crippen LogP contribution in [0.25, 0.3) is 0 Å². The molecule has 0 aliphatic carbocycles. The third kappa shape index (κ3) is 2.03. The molecule has 4 heteroatoms. The van der Waals surface area contributed by atoms with E-state index >= 15 is 0 Å². The van der Waals surface area contributed by atoms with Gasteiger partial charge in [-0.15, -0.1) is 0 Å². The van der Waals surface area contributed by atoms with Crippen LogP contribution in [0.2, 0.25) is 0 Å². The molecule has 0 atom stereocenters. The molecule has 0 aliphatic rings. The average molecular weight is 184 g/mol. The molecule has 1 aromatic rings. The molecule has 0 aliphatic heterocycles. The van der Waals surface area contributed by atoms with E-state index in [-0.39, 0.29) is 24.2 Å². The molecule has 2 N–H and O–H groups in total. The first kappa shape index (κ1) is 9.67. The largest absolute Gasteiger partial charge is 0.478 e. The van der Waals surface area contributed by atoms with E-state index in [0.29, 0.717) is 0 Å². The normalized spacial score (nSPS) is 10.0. The van der Waals surface area contributed by atoms with Crippen molar-refractivity contribution in [1.82, 2.24) is 0 Å². The Hall–Kier alpha value is -1.42. The van der Waals surface area contributed by atoms with Crippen LogP contribution in [0.1, 0.15) is 15.9 Å². The number of aromatic carboxylic acids is 1. The number of carboxylic acid groups (broad SMARTS) is 1. The summed E-state index contributed by atoms with van der Waals surface area (Å²) in [7, 11) is 0. The molecule has 13 heavy (non-hydrogen) atoms. The third-order valence-corrected chi connectivity index (χ3v) is 1.69.